The zero-order chi connectivity index (χ0) is 14.1. The first-order valence-corrected chi connectivity index (χ1v) is 5.04. The lowest BCUT2D eigenvalue weighted by Gasteiger charge is -2.19. The number of phenols is 1. The van der Waals surface area contributed by atoms with Crippen LogP contribution in [0.3, 0.4) is 0 Å². The summed E-state index contributed by atoms with van der Waals surface area (Å²) in [5, 5.41) is 28.9. The lowest BCUT2D eigenvalue weighted by Crippen LogP contribution is -2.26. The molecule has 0 amide bonds. The van der Waals surface area contributed by atoms with E-state index in [0.717, 1.165) is 6.07 Å². The molecule has 6 nitrogen and oxygen atoms in total. The molecule has 0 fully saturated rings. The summed E-state index contributed by atoms with van der Waals surface area (Å²) in [7, 11) is 0. The number of carboxylic acid groups (broad SMARTS) is 1. The molecule has 1 rings (SSSR count). The van der Waals surface area contributed by atoms with E-state index in [-0.39, 0.29) is 12.0 Å². The number of nitrogens with zero attached hydrogens (tertiary/aromatic N) is 1. The third-order valence-electron chi connectivity index (χ3n) is 2.55. The van der Waals surface area contributed by atoms with Gasteiger partial charge >= 0.3 is 5.97 Å². The maximum atomic E-state index is 13.3. The number of nitro groups is 1. The zero-order valence-corrected chi connectivity index (χ0v) is 9.81. The number of rotatable bonds is 4. The van der Waals surface area contributed by atoms with Crippen molar-refractivity contribution < 1.29 is 24.3 Å². The number of carboxylic acids is 1. The first kappa shape index (κ1) is 13.9. The monoisotopic (exact) mass is 257 g/mol. The summed E-state index contributed by atoms with van der Waals surface area (Å²) in [6.45, 7) is 2.76. The van der Waals surface area contributed by atoms with E-state index in [9.17, 15) is 24.4 Å². The van der Waals surface area contributed by atoms with Gasteiger partial charge in [0.1, 0.15) is 0 Å². The van der Waals surface area contributed by atoms with Gasteiger partial charge in [0.05, 0.1) is 16.4 Å². The highest BCUT2D eigenvalue weighted by atomic mass is 19.1. The van der Waals surface area contributed by atoms with Crippen molar-refractivity contribution >= 4 is 11.7 Å². The van der Waals surface area contributed by atoms with E-state index in [1.54, 1.807) is 0 Å². The fraction of sp³-hybridized carbons (Fsp3) is 0.364. The molecule has 98 valence electrons. The Morgan fingerprint density at radius 3 is 2.50 bits per heavy atom. The third kappa shape index (κ3) is 2.73. The van der Waals surface area contributed by atoms with Crippen LogP contribution in [-0.2, 0) is 11.2 Å². The van der Waals surface area contributed by atoms with Crippen molar-refractivity contribution in [3.8, 4) is 5.75 Å². The molecule has 0 spiro atoms. The molecule has 0 aliphatic rings. The number of hydrogen-bond donors (Lipinski definition) is 2. The van der Waals surface area contributed by atoms with Gasteiger partial charge in [-0.25, -0.2) is 4.39 Å². The molecule has 2 N–H and O–H groups in total. The normalized spacial score (nSPS) is 11.3. The van der Waals surface area contributed by atoms with E-state index in [0.29, 0.717) is 6.07 Å². The molecule has 0 saturated heterocycles. The second-order valence-electron chi connectivity index (χ2n) is 4.56. The van der Waals surface area contributed by atoms with Crippen molar-refractivity contribution in [1.82, 2.24) is 0 Å². The predicted octanol–water partition coefficient (Wildman–Crippen LogP) is 2.09. The highest BCUT2D eigenvalue weighted by molar-refractivity contribution is 5.74. The number of benzene rings is 1. The van der Waals surface area contributed by atoms with E-state index >= 15 is 0 Å². The van der Waals surface area contributed by atoms with Crippen molar-refractivity contribution in [2.75, 3.05) is 0 Å². The Balaban J connectivity index is 3.24. The average Bonchev–Trinajstić information content (AvgIpc) is 2.23. The SMILES string of the molecule is CC(C)(Cc1cc([N+](=O)[O-])cc(F)c1O)C(=O)O. The lowest BCUT2D eigenvalue weighted by molar-refractivity contribution is -0.385. The maximum Gasteiger partial charge on any atom is 0.309 e. The zero-order valence-electron chi connectivity index (χ0n) is 9.81. The van der Waals surface area contributed by atoms with Gasteiger partial charge < -0.3 is 10.2 Å². The largest absolute Gasteiger partial charge is 0.505 e. The number of hydrogen-bond acceptors (Lipinski definition) is 4. The Hall–Kier alpha value is -2.18. The second kappa shape index (κ2) is 4.59. The van der Waals surface area contributed by atoms with Gasteiger partial charge in [-0.3, -0.25) is 14.9 Å². The molecular formula is C11H12FNO5. The topological polar surface area (TPSA) is 101 Å². The van der Waals surface area contributed by atoms with Crippen LogP contribution in [0.4, 0.5) is 10.1 Å². The smallest absolute Gasteiger partial charge is 0.309 e. The van der Waals surface area contributed by atoms with Crippen LogP contribution in [0.2, 0.25) is 0 Å². The number of carbonyl (C=O) groups is 1. The number of aliphatic carboxylic acids is 1. The van der Waals surface area contributed by atoms with Crippen LogP contribution in [0.1, 0.15) is 19.4 Å². The van der Waals surface area contributed by atoms with E-state index in [4.69, 9.17) is 5.11 Å². The van der Waals surface area contributed by atoms with Gasteiger partial charge in [-0.1, -0.05) is 0 Å². The number of non-ortho nitro benzene ring substituents is 1. The fourth-order valence-corrected chi connectivity index (χ4v) is 1.43. The highest BCUT2D eigenvalue weighted by Crippen LogP contribution is 2.32. The van der Waals surface area contributed by atoms with Gasteiger partial charge in [0.2, 0.25) is 0 Å². The molecule has 1 aromatic carbocycles. The van der Waals surface area contributed by atoms with Gasteiger partial charge in [-0.05, 0) is 20.3 Å². The van der Waals surface area contributed by atoms with E-state index < -0.39 is 33.6 Å². The van der Waals surface area contributed by atoms with Crippen molar-refractivity contribution in [3.05, 3.63) is 33.6 Å². The Bertz CT molecular complexity index is 512. The van der Waals surface area contributed by atoms with Crippen LogP contribution in [0.25, 0.3) is 0 Å². The van der Waals surface area contributed by atoms with Crippen molar-refractivity contribution in [2.24, 2.45) is 5.41 Å². The molecule has 0 saturated carbocycles. The average molecular weight is 257 g/mol. The number of phenolic OH excluding ortho intramolecular Hbond substituents is 1. The molecule has 0 aliphatic heterocycles. The summed E-state index contributed by atoms with van der Waals surface area (Å²) in [6, 6.07) is 1.57. The quantitative estimate of drug-likeness (QED) is 0.635. The molecule has 0 atom stereocenters. The summed E-state index contributed by atoms with van der Waals surface area (Å²) >= 11 is 0. The van der Waals surface area contributed by atoms with Gasteiger partial charge in [-0.2, -0.15) is 0 Å². The molecule has 0 aromatic heterocycles. The Kier molecular flexibility index (Phi) is 3.54. The summed E-state index contributed by atoms with van der Waals surface area (Å²) in [6.07, 6.45) is -0.216. The second-order valence-corrected chi connectivity index (χ2v) is 4.56. The van der Waals surface area contributed by atoms with Crippen LogP contribution in [0.15, 0.2) is 12.1 Å². The maximum absolute atomic E-state index is 13.3. The van der Waals surface area contributed by atoms with Crippen LogP contribution in [0.5, 0.6) is 5.75 Å². The minimum absolute atomic E-state index is 0.103. The van der Waals surface area contributed by atoms with Crippen molar-refractivity contribution in [1.29, 1.82) is 0 Å². The molecular weight excluding hydrogens is 245 g/mol. The highest BCUT2D eigenvalue weighted by Gasteiger charge is 2.30. The molecule has 0 radical (unpaired) electrons. The summed E-state index contributed by atoms with van der Waals surface area (Å²) in [4.78, 5) is 20.7. The minimum Gasteiger partial charge on any atom is -0.505 e. The number of halogens is 1. The van der Waals surface area contributed by atoms with Gasteiger partial charge in [0.25, 0.3) is 5.69 Å². The summed E-state index contributed by atoms with van der Waals surface area (Å²) in [5.41, 5.74) is -1.89. The first-order chi connectivity index (χ1) is 8.15. The number of aromatic hydroxyl groups is 1. The van der Waals surface area contributed by atoms with Gasteiger partial charge in [-0.15, -0.1) is 0 Å². The molecule has 1 aromatic rings. The Morgan fingerprint density at radius 2 is 2.06 bits per heavy atom. The molecule has 7 heteroatoms. The van der Waals surface area contributed by atoms with E-state index in [1.807, 2.05) is 0 Å². The minimum atomic E-state index is -1.26. The Labute approximate surface area is 102 Å². The van der Waals surface area contributed by atoms with Gasteiger partial charge in [0.15, 0.2) is 11.6 Å². The van der Waals surface area contributed by atoms with E-state index in [1.165, 1.54) is 13.8 Å². The summed E-state index contributed by atoms with van der Waals surface area (Å²) < 4.78 is 13.3. The molecule has 0 heterocycles. The van der Waals surface area contributed by atoms with Crippen molar-refractivity contribution in [3.63, 3.8) is 0 Å². The lowest BCUT2D eigenvalue weighted by atomic mass is 9.85. The van der Waals surface area contributed by atoms with Crippen LogP contribution in [-0.4, -0.2) is 21.1 Å². The predicted molar refractivity (Wildman–Crippen MR) is 59.8 cm³/mol. The standard InChI is InChI=1S/C11H12FNO5/c1-11(2,10(15)16)5-6-3-7(13(17)18)4-8(12)9(6)14/h3-4,14H,5H2,1-2H3,(H,15,16). The molecule has 0 unspecified atom stereocenters. The van der Waals surface area contributed by atoms with Crippen LogP contribution < -0.4 is 0 Å². The Morgan fingerprint density at radius 1 is 1.50 bits per heavy atom. The molecule has 0 bridgehead atoms. The third-order valence-corrected chi connectivity index (χ3v) is 2.55. The molecule has 0 aliphatic carbocycles. The van der Waals surface area contributed by atoms with Crippen LogP contribution in [0, 0.1) is 21.3 Å². The van der Waals surface area contributed by atoms with Crippen molar-refractivity contribution in [2.45, 2.75) is 20.3 Å². The van der Waals surface area contributed by atoms with E-state index in [2.05, 4.69) is 0 Å². The van der Waals surface area contributed by atoms with Crippen LogP contribution >= 0.6 is 0 Å². The first-order valence-electron chi connectivity index (χ1n) is 5.04. The number of nitro benzene ring substituents is 1. The fourth-order valence-electron chi connectivity index (χ4n) is 1.43. The summed E-state index contributed by atoms with van der Waals surface area (Å²) in [5.74, 6) is -3.04. The van der Waals surface area contributed by atoms with Gasteiger partial charge in [0, 0.05) is 11.6 Å². The molecule has 18 heavy (non-hydrogen) atoms.